The summed E-state index contributed by atoms with van der Waals surface area (Å²) in [7, 11) is 0. The third-order valence-electron chi connectivity index (χ3n) is 3.56. The van der Waals surface area contributed by atoms with Crippen molar-refractivity contribution in [1.29, 1.82) is 0 Å². The fourth-order valence-electron chi connectivity index (χ4n) is 2.91. The second-order valence-electron chi connectivity index (χ2n) is 5.13. The van der Waals surface area contributed by atoms with Crippen molar-refractivity contribution < 1.29 is 4.79 Å². The molecule has 0 saturated heterocycles. The van der Waals surface area contributed by atoms with Crippen molar-refractivity contribution in [3.05, 3.63) is 34.9 Å². The van der Waals surface area contributed by atoms with Crippen LogP contribution in [0.3, 0.4) is 0 Å². The van der Waals surface area contributed by atoms with E-state index in [1.54, 1.807) is 24.3 Å². The number of benzene rings is 1. The van der Waals surface area contributed by atoms with Gasteiger partial charge in [0.05, 0.1) is 0 Å². The zero-order chi connectivity index (χ0) is 11.4. The Balaban J connectivity index is 1.68. The number of nitrogens with two attached hydrogens (primary N) is 1. The van der Waals surface area contributed by atoms with Crippen molar-refractivity contribution in [3.63, 3.8) is 0 Å². The van der Waals surface area contributed by atoms with Gasteiger partial charge in [0.1, 0.15) is 0 Å². The maximum absolute atomic E-state index is 11.9. The molecule has 0 radical (unpaired) electrons. The molecule has 2 bridgehead atoms. The Morgan fingerprint density at radius 2 is 1.81 bits per heavy atom. The first-order valence-electron chi connectivity index (χ1n) is 5.37. The number of halogens is 1. The van der Waals surface area contributed by atoms with Crippen LogP contribution in [0.4, 0.5) is 0 Å². The van der Waals surface area contributed by atoms with Gasteiger partial charge in [-0.1, -0.05) is 11.6 Å². The van der Waals surface area contributed by atoms with Gasteiger partial charge in [0.2, 0.25) is 0 Å². The average Bonchev–Trinajstić information content (AvgIpc) is 2.14. The fourth-order valence-corrected chi connectivity index (χ4v) is 3.04. The summed E-state index contributed by atoms with van der Waals surface area (Å²) in [5.41, 5.74) is 6.60. The maximum Gasteiger partial charge on any atom is 0.251 e. The van der Waals surface area contributed by atoms with Crippen molar-refractivity contribution >= 4 is 17.5 Å². The van der Waals surface area contributed by atoms with Gasteiger partial charge in [-0.05, 0) is 43.5 Å². The molecule has 4 rings (SSSR count). The number of nitrogens with one attached hydrogen (secondary N) is 1. The lowest BCUT2D eigenvalue weighted by Gasteiger charge is -2.68. The van der Waals surface area contributed by atoms with Crippen molar-refractivity contribution in [1.82, 2.24) is 5.32 Å². The number of rotatable bonds is 2. The molecule has 3 aliphatic carbocycles. The van der Waals surface area contributed by atoms with E-state index in [9.17, 15) is 4.79 Å². The van der Waals surface area contributed by atoms with Crippen LogP contribution in [-0.4, -0.2) is 17.0 Å². The molecule has 0 heterocycles. The Kier molecular flexibility index (Phi) is 1.89. The van der Waals surface area contributed by atoms with Crippen LogP contribution >= 0.6 is 11.6 Å². The van der Waals surface area contributed by atoms with E-state index in [1.807, 2.05) is 0 Å². The minimum Gasteiger partial charge on any atom is -0.346 e. The summed E-state index contributed by atoms with van der Waals surface area (Å²) in [5.74, 6) is -0.0292. The average molecular weight is 237 g/mol. The smallest absolute Gasteiger partial charge is 0.251 e. The highest BCUT2D eigenvalue weighted by molar-refractivity contribution is 6.30. The molecule has 1 aromatic carbocycles. The lowest BCUT2D eigenvalue weighted by molar-refractivity contribution is -0.0712. The van der Waals surface area contributed by atoms with Crippen LogP contribution in [0.2, 0.25) is 5.02 Å². The summed E-state index contributed by atoms with van der Waals surface area (Å²) < 4.78 is 0. The highest BCUT2D eigenvalue weighted by atomic mass is 35.5. The SMILES string of the molecule is NC12CC(NC(=O)c3ccc(Cl)cc3)(C1)C2. The number of amides is 1. The molecule has 84 valence electrons. The summed E-state index contributed by atoms with van der Waals surface area (Å²) in [6.07, 6.45) is 2.75. The normalized spacial score (nSPS) is 34.9. The first-order valence-corrected chi connectivity index (χ1v) is 5.75. The van der Waals surface area contributed by atoms with E-state index in [0.717, 1.165) is 19.3 Å². The van der Waals surface area contributed by atoms with E-state index in [4.69, 9.17) is 17.3 Å². The summed E-state index contributed by atoms with van der Waals surface area (Å²) in [6, 6.07) is 6.93. The van der Waals surface area contributed by atoms with Gasteiger partial charge in [-0.25, -0.2) is 0 Å². The lowest BCUT2D eigenvalue weighted by Crippen LogP contribution is -2.82. The molecule has 1 aromatic rings. The molecular formula is C12H13ClN2O. The lowest BCUT2D eigenvalue weighted by atomic mass is 9.44. The number of carbonyl (C=O) groups excluding carboxylic acids is 1. The van der Waals surface area contributed by atoms with Gasteiger partial charge in [0.25, 0.3) is 5.91 Å². The Hall–Kier alpha value is -1.06. The topological polar surface area (TPSA) is 55.1 Å². The number of carbonyl (C=O) groups is 1. The van der Waals surface area contributed by atoms with E-state index < -0.39 is 0 Å². The van der Waals surface area contributed by atoms with E-state index in [0.29, 0.717) is 10.6 Å². The van der Waals surface area contributed by atoms with E-state index in [-0.39, 0.29) is 17.0 Å². The molecular weight excluding hydrogens is 224 g/mol. The Labute approximate surface area is 99.0 Å². The first kappa shape index (κ1) is 10.1. The molecule has 3 saturated carbocycles. The second-order valence-corrected chi connectivity index (χ2v) is 5.57. The van der Waals surface area contributed by atoms with Crippen LogP contribution in [0, 0.1) is 0 Å². The van der Waals surface area contributed by atoms with Gasteiger partial charge in [-0.2, -0.15) is 0 Å². The predicted molar refractivity (Wildman–Crippen MR) is 62.4 cm³/mol. The summed E-state index contributed by atoms with van der Waals surface area (Å²) in [5, 5.41) is 3.70. The Morgan fingerprint density at radius 1 is 1.25 bits per heavy atom. The summed E-state index contributed by atoms with van der Waals surface area (Å²) in [4.78, 5) is 11.9. The Bertz CT molecular complexity index is 435. The van der Waals surface area contributed by atoms with Crippen LogP contribution in [-0.2, 0) is 0 Å². The molecule has 3 nitrogen and oxygen atoms in total. The third-order valence-corrected chi connectivity index (χ3v) is 3.81. The van der Waals surface area contributed by atoms with Crippen LogP contribution in [0.5, 0.6) is 0 Å². The third kappa shape index (κ3) is 1.43. The predicted octanol–water partition coefficient (Wildman–Crippen LogP) is 1.70. The van der Waals surface area contributed by atoms with Crippen molar-refractivity contribution in [2.24, 2.45) is 5.73 Å². The molecule has 0 aliphatic heterocycles. The van der Waals surface area contributed by atoms with E-state index >= 15 is 0 Å². The first-order chi connectivity index (χ1) is 7.50. The van der Waals surface area contributed by atoms with Crippen molar-refractivity contribution in [2.45, 2.75) is 30.3 Å². The quantitative estimate of drug-likeness (QED) is 0.821. The number of hydrogen-bond donors (Lipinski definition) is 2. The standard InChI is InChI=1S/C12H13ClN2O/c13-9-3-1-8(2-4-9)10(16)15-12-5-11(14,6-12)7-12/h1-4H,5-7,14H2,(H,15,16). The summed E-state index contributed by atoms with van der Waals surface area (Å²) in [6.45, 7) is 0. The molecule has 0 spiro atoms. The van der Waals surface area contributed by atoms with Gasteiger partial charge >= 0.3 is 0 Å². The van der Waals surface area contributed by atoms with Crippen LogP contribution in [0.25, 0.3) is 0 Å². The maximum atomic E-state index is 11.9. The molecule has 1 amide bonds. The largest absolute Gasteiger partial charge is 0.346 e. The Morgan fingerprint density at radius 3 is 2.31 bits per heavy atom. The van der Waals surface area contributed by atoms with Crippen molar-refractivity contribution in [3.8, 4) is 0 Å². The van der Waals surface area contributed by atoms with E-state index in [2.05, 4.69) is 5.32 Å². The highest BCUT2D eigenvalue weighted by Gasteiger charge is 2.66. The second kappa shape index (κ2) is 2.99. The molecule has 4 heteroatoms. The van der Waals surface area contributed by atoms with E-state index in [1.165, 1.54) is 0 Å². The zero-order valence-corrected chi connectivity index (χ0v) is 9.55. The molecule has 0 unspecified atom stereocenters. The van der Waals surface area contributed by atoms with Crippen LogP contribution < -0.4 is 11.1 Å². The van der Waals surface area contributed by atoms with Gasteiger partial charge in [0.15, 0.2) is 0 Å². The fraction of sp³-hybridized carbons (Fsp3) is 0.417. The van der Waals surface area contributed by atoms with Gasteiger partial charge in [-0.3, -0.25) is 4.79 Å². The molecule has 0 atom stereocenters. The van der Waals surface area contributed by atoms with Gasteiger partial charge < -0.3 is 11.1 Å². The molecule has 3 fully saturated rings. The van der Waals surface area contributed by atoms with Gasteiger partial charge in [0, 0.05) is 21.7 Å². The van der Waals surface area contributed by atoms with Crippen molar-refractivity contribution in [2.75, 3.05) is 0 Å². The zero-order valence-electron chi connectivity index (χ0n) is 8.79. The monoisotopic (exact) mass is 236 g/mol. The van der Waals surface area contributed by atoms with Crippen LogP contribution in [0.1, 0.15) is 29.6 Å². The minimum absolute atomic E-state index is 0.00846. The summed E-state index contributed by atoms with van der Waals surface area (Å²) >= 11 is 5.77. The molecule has 16 heavy (non-hydrogen) atoms. The van der Waals surface area contributed by atoms with Gasteiger partial charge in [-0.15, -0.1) is 0 Å². The molecule has 0 aromatic heterocycles. The molecule has 3 aliphatic rings. The highest BCUT2D eigenvalue weighted by Crippen LogP contribution is 2.58. The van der Waals surface area contributed by atoms with Crippen LogP contribution in [0.15, 0.2) is 24.3 Å². The number of hydrogen-bond acceptors (Lipinski definition) is 2. The minimum atomic E-state index is -0.0292. The molecule has 3 N–H and O–H groups in total.